The molecule has 0 radical (unpaired) electrons. The van der Waals surface area contributed by atoms with Gasteiger partial charge >= 0.3 is 0 Å². The van der Waals surface area contributed by atoms with Crippen molar-refractivity contribution in [1.29, 1.82) is 0 Å². The summed E-state index contributed by atoms with van der Waals surface area (Å²) in [6.45, 7) is 10.6. The van der Waals surface area contributed by atoms with E-state index in [1.54, 1.807) is 0 Å². The third-order valence-corrected chi connectivity index (χ3v) is 4.22. The summed E-state index contributed by atoms with van der Waals surface area (Å²) in [6, 6.07) is 0.675. The van der Waals surface area contributed by atoms with Gasteiger partial charge in [0.05, 0.1) is 0 Å². The lowest BCUT2D eigenvalue weighted by Crippen LogP contribution is -2.31. The van der Waals surface area contributed by atoms with Gasteiger partial charge in [-0.25, -0.2) is 0 Å². The van der Waals surface area contributed by atoms with Crippen molar-refractivity contribution in [1.82, 2.24) is 10.2 Å². The van der Waals surface area contributed by atoms with Crippen LogP contribution in [0.15, 0.2) is 0 Å². The summed E-state index contributed by atoms with van der Waals surface area (Å²) in [7, 11) is 2.22. The van der Waals surface area contributed by atoms with Crippen LogP contribution in [0.4, 0.5) is 0 Å². The molecule has 0 aromatic carbocycles. The molecule has 1 N–H and O–H groups in total. The zero-order valence-corrected chi connectivity index (χ0v) is 12.3. The first kappa shape index (κ1) is 15.0. The van der Waals surface area contributed by atoms with Crippen molar-refractivity contribution < 1.29 is 0 Å². The minimum Gasteiger partial charge on any atom is -0.316 e. The van der Waals surface area contributed by atoms with Crippen molar-refractivity contribution >= 4 is 0 Å². The molecule has 0 spiro atoms. The molecule has 2 heteroatoms. The maximum atomic E-state index is 3.64. The Labute approximate surface area is 108 Å². The van der Waals surface area contributed by atoms with Gasteiger partial charge in [-0.2, -0.15) is 0 Å². The number of nitrogens with one attached hydrogen (secondary N) is 1. The average molecular weight is 240 g/mol. The molecule has 0 amide bonds. The van der Waals surface area contributed by atoms with E-state index in [1.165, 1.54) is 51.7 Å². The summed E-state index contributed by atoms with van der Waals surface area (Å²) < 4.78 is 0. The standard InChI is InChI=1S/C15H32N2/c1-13(2)17(4)10-6-9-16-12-15-8-5-7-14(3)11-15/h13-16H,5-12H2,1-4H3. The van der Waals surface area contributed by atoms with Gasteiger partial charge in [0, 0.05) is 6.04 Å². The number of rotatable bonds is 7. The van der Waals surface area contributed by atoms with Gasteiger partial charge in [-0.05, 0) is 71.6 Å². The van der Waals surface area contributed by atoms with Crippen LogP contribution in [0.5, 0.6) is 0 Å². The van der Waals surface area contributed by atoms with Gasteiger partial charge in [-0.1, -0.05) is 19.8 Å². The molecule has 0 aromatic heterocycles. The Morgan fingerprint density at radius 1 is 1.29 bits per heavy atom. The summed E-state index contributed by atoms with van der Waals surface area (Å²) >= 11 is 0. The largest absolute Gasteiger partial charge is 0.316 e. The van der Waals surface area contributed by atoms with Crippen molar-refractivity contribution in [2.45, 2.75) is 58.9 Å². The molecule has 0 bridgehead atoms. The van der Waals surface area contributed by atoms with Gasteiger partial charge in [0.25, 0.3) is 0 Å². The van der Waals surface area contributed by atoms with Crippen LogP contribution in [-0.4, -0.2) is 37.6 Å². The van der Waals surface area contributed by atoms with Crippen molar-refractivity contribution in [3.8, 4) is 0 Å². The SMILES string of the molecule is CC1CCCC(CNCCCN(C)C(C)C)C1. The molecule has 1 rings (SSSR count). The van der Waals surface area contributed by atoms with Crippen LogP contribution in [0.2, 0.25) is 0 Å². The summed E-state index contributed by atoms with van der Waals surface area (Å²) in [4.78, 5) is 2.42. The van der Waals surface area contributed by atoms with Crippen molar-refractivity contribution in [2.24, 2.45) is 11.8 Å². The predicted octanol–water partition coefficient (Wildman–Crippen LogP) is 3.13. The van der Waals surface area contributed by atoms with E-state index in [-0.39, 0.29) is 0 Å². The van der Waals surface area contributed by atoms with Gasteiger partial charge < -0.3 is 10.2 Å². The predicted molar refractivity (Wildman–Crippen MR) is 76.4 cm³/mol. The van der Waals surface area contributed by atoms with Crippen LogP contribution in [-0.2, 0) is 0 Å². The molecule has 1 fully saturated rings. The molecule has 0 aromatic rings. The minimum atomic E-state index is 0.675. The number of hydrogen-bond acceptors (Lipinski definition) is 2. The van der Waals surface area contributed by atoms with E-state index in [1.807, 2.05) is 0 Å². The van der Waals surface area contributed by atoms with E-state index in [4.69, 9.17) is 0 Å². The average Bonchev–Trinajstić information content (AvgIpc) is 2.28. The molecular formula is C15H32N2. The van der Waals surface area contributed by atoms with Crippen molar-refractivity contribution in [3.63, 3.8) is 0 Å². The van der Waals surface area contributed by atoms with Gasteiger partial charge in [0.1, 0.15) is 0 Å². The summed E-state index contributed by atoms with van der Waals surface area (Å²) in [5.41, 5.74) is 0. The first-order valence-corrected chi connectivity index (χ1v) is 7.50. The zero-order valence-electron chi connectivity index (χ0n) is 12.3. The first-order valence-electron chi connectivity index (χ1n) is 7.50. The second kappa shape index (κ2) is 8.10. The topological polar surface area (TPSA) is 15.3 Å². The fourth-order valence-corrected chi connectivity index (χ4v) is 2.76. The molecule has 1 saturated carbocycles. The van der Waals surface area contributed by atoms with E-state index in [2.05, 4.69) is 38.0 Å². The van der Waals surface area contributed by atoms with Crippen LogP contribution < -0.4 is 5.32 Å². The van der Waals surface area contributed by atoms with Crippen LogP contribution in [0, 0.1) is 11.8 Å². The molecule has 2 nitrogen and oxygen atoms in total. The smallest absolute Gasteiger partial charge is 0.00355 e. The van der Waals surface area contributed by atoms with Gasteiger partial charge in [-0.15, -0.1) is 0 Å². The van der Waals surface area contributed by atoms with E-state index < -0.39 is 0 Å². The maximum Gasteiger partial charge on any atom is 0.00355 e. The van der Waals surface area contributed by atoms with E-state index >= 15 is 0 Å². The lowest BCUT2D eigenvalue weighted by molar-refractivity contribution is 0.258. The van der Waals surface area contributed by atoms with Crippen LogP contribution in [0.1, 0.15) is 52.9 Å². The highest BCUT2D eigenvalue weighted by atomic mass is 15.1. The molecule has 0 saturated heterocycles. The lowest BCUT2D eigenvalue weighted by Gasteiger charge is -2.27. The molecular weight excluding hydrogens is 208 g/mol. The Kier molecular flexibility index (Phi) is 7.14. The normalized spacial score (nSPS) is 25.8. The zero-order chi connectivity index (χ0) is 12.7. The Morgan fingerprint density at radius 2 is 2.06 bits per heavy atom. The Morgan fingerprint density at radius 3 is 2.71 bits per heavy atom. The van der Waals surface area contributed by atoms with Crippen LogP contribution >= 0.6 is 0 Å². The molecule has 1 aliphatic carbocycles. The van der Waals surface area contributed by atoms with Gasteiger partial charge in [0.2, 0.25) is 0 Å². The molecule has 17 heavy (non-hydrogen) atoms. The summed E-state index contributed by atoms with van der Waals surface area (Å²) in [5, 5.41) is 3.64. The third-order valence-electron chi connectivity index (χ3n) is 4.22. The highest BCUT2D eigenvalue weighted by Crippen LogP contribution is 2.27. The van der Waals surface area contributed by atoms with Gasteiger partial charge in [0.15, 0.2) is 0 Å². The third kappa shape index (κ3) is 6.42. The van der Waals surface area contributed by atoms with E-state index in [9.17, 15) is 0 Å². The molecule has 102 valence electrons. The van der Waals surface area contributed by atoms with E-state index in [0.29, 0.717) is 6.04 Å². The monoisotopic (exact) mass is 240 g/mol. The van der Waals surface area contributed by atoms with Gasteiger partial charge in [-0.3, -0.25) is 0 Å². The second-order valence-electron chi connectivity index (χ2n) is 6.27. The lowest BCUT2D eigenvalue weighted by atomic mass is 9.82. The van der Waals surface area contributed by atoms with Crippen LogP contribution in [0.25, 0.3) is 0 Å². The summed E-state index contributed by atoms with van der Waals surface area (Å²) in [5.74, 6) is 1.91. The van der Waals surface area contributed by atoms with Crippen molar-refractivity contribution in [2.75, 3.05) is 26.7 Å². The first-order chi connectivity index (χ1) is 8.09. The quantitative estimate of drug-likeness (QED) is 0.688. The Balaban J connectivity index is 1.97. The second-order valence-corrected chi connectivity index (χ2v) is 6.27. The highest BCUT2D eigenvalue weighted by Gasteiger charge is 2.17. The molecule has 0 heterocycles. The molecule has 0 aliphatic heterocycles. The maximum absolute atomic E-state index is 3.64. The molecule has 1 aliphatic rings. The Hall–Kier alpha value is -0.0800. The highest BCUT2D eigenvalue weighted by molar-refractivity contribution is 4.72. The van der Waals surface area contributed by atoms with Crippen molar-refractivity contribution in [3.05, 3.63) is 0 Å². The summed E-state index contributed by atoms with van der Waals surface area (Å²) in [6.07, 6.45) is 7.07. The fraction of sp³-hybridized carbons (Fsp3) is 1.00. The molecule has 2 atom stereocenters. The number of nitrogens with zero attached hydrogens (tertiary/aromatic N) is 1. The number of hydrogen-bond donors (Lipinski definition) is 1. The fourth-order valence-electron chi connectivity index (χ4n) is 2.76. The van der Waals surface area contributed by atoms with Crippen LogP contribution in [0.3, 0.4) is 0 Å². The molecule has 2 unspecified atom stereocenters. The van der Waals surface area contributed by atoms with E-state index in [0.717, 1.165) is 11.8 Å². The minimum absolute atomic E-state index is 0.675. The Bertz CT molecular complexity index is 191.